The Kier molecular flexibility index (Phi) is 6.36. The molecule has 0 radical (unpaired) electrons. The largest absolute Gasteiger partial charge is 0.360 e. The average Bonchev–Trinajstić information content (AvgIpc) is 2.44. The lowest BCUT2D eigenvalue weighted by atomic mass is 9.91. The number of nitrogens with zero attached hydrogens (tertiary/aromatic N) is 1. The van der Waals surface area contributed by atoms with Gasteiger partial charge in [-0.1, -0.05) is 82.3 Å². The van der Waals surface area contributed by atoms with E-state index in [9.17, 15) is 0 Å². The van der Waals surface area contributed by atoms with Crippen LogP contribution >= 0.6 is 22.6 Å². The second-order valence-electron chi connectivity index (χ2n) is 6.28. The van der Waals surface area contributed by atoms with Gasteiger partial charge in [-0.15, -0.1) is 0 Å². The van der Waals surface area contributed by atoms with E-state index in [4.69, 9.17) is 0 Å². The number of rotatable bonds is 6. The highest BCUT2D eigenvalue weighted by Gasteiger charge is 2.31. The Morgan fingerprint density at radius 2 is 1.40 bits per heavy atom. The van der Waals surface area contributed by atoms with Gasteiger partial charge in [0.25, 0.3) is 0 Å². The topological polar surface area (TPSA) is 3.24 Å². The van der Waals surface area contributed by atoms with Crippen LogP contribution in [0.2, 0.25) is 0 Å². The van der Waals surface area contributed by atoms with Crippen LogP contribution in [0.3, 0.4) is 0 Å². The van der Waals surface area contributed by atoms with Crippen LogP contribution in [0.25, 0.3) is 0 Å². The number of hydrogen-bond donors (Lipinski definition) is 0. The van der Waals surface area contributed by atoms with E-state index in [1.165, 1.54) is 16.8 Å². The van der Waals surface area contributed by atoms with Crippen LogP contribution in [0.15, 0.2) is 18.2 Å². The van der Waals surface area contributed by atoms with E-state index >= 15 is 0 Å². The molecule has 2 heteroatoms. The number of alkyl halides is 1. The van der Waals surface area contributed by atoms with Gasteiger partial charge < -0.3 is 4.90 Å². The summed E-state index contributed by atoms with van der Waals surface area (Å²) in [6, 6.07) is 6.81. The first-order valence-electron chi connectivity index (χ1n) is 7.84. The molecule has 0 fully saturated rings. The van der Waals surface area contributed by atoms with Gasteiger partial charge in [-0.2, -0.15) is 0 Å². The molecule has 0 spiro atoms. The molecule has 0 unspecified atom stereocenters. The van der Waals surface area contributed by atoms with E-state index in [0.717, 1.165) is 12.8 Å². The molecular weight excluding hydrogens is 357 g/mol. The van der Waals surface area contributed by atoms with Crippen molar-refractivity contribution in [1.82, 2.24) is 0 Å². The molecule has 20 heavy (non-hydrogen) atoms. The monoisotopic (exact) mass is 387 g/mol. The van der Waals surface area contributed by atoms with Crippen LogP contribution in [-0.2, 0) is 0 Å². The van der Waals surface area contributed by atoms with E-state index in [0.29, 0.717) is 11.8 Å². The van der Waals surface area contributed by atoms with Crippen LogP contribution in [0.5, 0.6) is 0 Å². The Bertz CT molecular complexity index is 407. The van der Waals surface area contributed by atoms with Gasteiger partial charge in [-0.05, 0) is 35.8 Å². The van der Waals surface area contributed by atoms with E-state index in [1.54, 1.807) is 0 Å². The molecule has 0 aliphatic heterocycles. The highest BCUT2D eigenvalue weighted by Crippen LogP contribution is 2.42. The van der Waals surface area contributed by atoms with Crippen molar-refractivity contribution < 1.29 is 0 Å². The van der Waals surface area contributed by atoms with Gasteiger partial charge in [-0.25, -0.2) is 0 Å². The predicted molar refractivity (Wildman–Crippen MR) is 100 cm³/mol. The summed E-state index contributed by atoms with van der Waals surface area (Å²) in [6.45, 7) is 13.8. The van der Waals surface area contributed by atoms with Crippen molar-refractivity contribution >= 4 is 28.3 Å². The molecule has 0 aliphatic carbocycles. The maximum atomic E-state index is 2.64. The van der Waals surface area contributed by atoms with Crippen molar-refractivity contribution in [3.63, 3.8) is 0 Å². The molecule has 1 nitrogen and oxygen atoms in total. The van der Waals surface area contributed by atoms with Gasteiger partial charge in [0, 0.05) is 12.7 Å². The summed E-state index contributed by atoms with van der Waals surface area (Å²) in [5, 5.41) is 0. The smallest absolute Gasteiger partial charge is 0.0909 e. The van der Waals surface area contributed by atoms with Crippen LogP contribution in [0.1, 0.15) is 77.3 Å². The number of halogens is 1. The van der Waals surface area contributed by atoms with E-state index in [-0.39, 0.29) is 3.55 Å². The van der Waals surface area contributed by atoms with Crippen molar-refractivity contribution in [1.29, 1.82) is 0 Å². The van der Waals surface area contributed by atoms with Crippen LogP contribution in [0, 0.1) is 0 Å². The summed E-state index contributed by atoms with van der Waals surface area (Å²) in [6.07, 6.45) is 2.31. The molecule has 114 valence electrons. The van der Waals surface area contributed by atoms with Crippen molar-refractivity contribution in [2.24, 2.45) is 0 Å². The summed E-state index contributed by atoms with van der Waals surface area (Å²) in [5.41, 5.74) is 4.40. The van der Waals surface area contributed by atoms with Gasteiger partial charge in [0.2, 0.25) is 0 Å². The molecule has 0 saturated heterocycles. The van der Waals surface area contributed by atoms with Gasteiger partial charge in [0.1, 0.15) is 0 Å². The summed E-state index contributed by atoms with van der Waals surface area (Å²) >= 11 is 2.64. The van der Waals surface area contributed by atoms with Gasteiger partial charge in [0.15, 0.2) is 0 Å². The summed E-state index contributed by atoms with van der Waals surface area (Å²) in [4.78, 5) is 2.53. The number of anilines is 1. The van der Waals surface area contributed by atoms with Crippen LogP contribution < -0.4 is 4.90 Å². The second-order valence-corrected chi connectivity index (χ2v) is 8.29. The predicted octanol–water partition coefficient (Wildman–Crippen LogP) is 6.32. The normalized spacial score (nSPS) is 12.3. The van der Waals surface area contributed by atoms with E-state index in [2.05, 4.69) is 94.3 Å². The number of hydrogen-bond acceptors (Lipinski definition) is 1. The Hall–Kier alpha value is -0.250. The zero-order chi connectivity index (χ0) is 15.5. The standard InChI is InChI=1S/C18H30IN/c1-8-18(19,9-2)20(7)17-15(13(3)4)11-10-12-16(17)14(5)6/h10-14H,8-9H2,1-7H3. The Balaban J connectivity index is 3.47. The molecule has 1 aromatic rings. The first kappa shape index (κ1) is 17.8. The summed E-state index contributed by atoms with van der Waals surface area (Å²) in [5.74, 6) is 1.11. The minimum Gasteiger partial charge on any atom is -0.360 e. The fraction of sp³-hybridized carbons (Fsp3) is 0.667. The highest BCUT2D eigenvalue weighted by molar-refractivity contribution is 14.1. The van der Waals surface area contributed by atoms with Gasteiger partial charge in [0.05, 0.1) is 3.55 Å². The summed E-state index contributed by atoms with van der Waals surface area (Å²) < 4.78 is 0.201. The lowest BCUT2D eigenvalue weighted by Crippen LogP contribution is -2.41. The number of benzene rings is 1. The molecule has 0 atom stereocenters. The maximum absolute atomic E-state index is 2.64. The lowest BCUT2D eigenvalue weighted by Gasteiger charge is -2.41. The van der Waals surface area contributed by atoms with Crippen LogP contribution in [0.4, 0.5) is 5.69 Å². The third-order valence-electron chi connectivity index (χ3n) is 4.36. The fourth-order valence-electron chi connectivity index (χ4n) is 2.82. The first-order chi connectivity index (χ1) is 9.28. The zero-order valence-corrected chi connectivity index (χ0v) is 16.3. The first-order valence-corrected chi connectivity index (χ1v) is 8.91. The van der Waals surface area contributed by atoms with Crippen molar-refractivity contribution in [3.05, 3.63) is 29.3 Å². The zero-order valence-electron chi connectivity index (χ0n) is 14.1. The Morgan fingerprint density at radius 1 is 1.00 bits per heavy atom. The highest BCUT2D eigenvalue weighted by atomic mass is 127. The Morgan fingerprint density at radius 3 is 1.70 bits per heavy atom. The molecule has 0 saturated carbocycles. The summed E-state index contributed by atoms with van der Waals surface area (Å²) in [7, 11) is 2.27. The van der Waals surface area contributed by atoms with E-state index < -0.39 is 0 Å². The molecule has 0 heterocycles. The molecule has 0 amide bonds. The average molecular weight is 387 g/mol. The molecule has 0 aromatic heterocycles. The molecular formula is C18H30IN. The van der Waals surface area contributed by atoms with Gasteiger partial charge >= 0.3 is 0 Å². The second kappa shape index (κ2) is 7.15. The molecule has 0 bridgehead atoms. The minimum atomic E-state index is 0.201. The van der Waals surface area contributed by atoms with Crippen LogP contribution in [-0.4, -0.2) is 10.6 Å². The molecule has 1 rings (SSSR count). The molecule has 0 N–H and O–H groups in total. The molecule has 1 aromatic carbocycles. The maximum Gasteiger partial charge on any atom is 0.0909 e. The SMILES string of the molecule is CCC(I)(CC)N(C)c1c(C(C)C)cccc1C(C)C. The third-order valence-corrected chi connectivity index (χ3v) is 6.61. The quantitative estimate of drug-likeness (QED) is 0.314. The lowest BCUT2D eigenvalue weighted by molar-refractivity contribution is 0.561. The van der Waals surface area contributed by atoms with Crippen molar-refractivity contribution in [2.75, 3.05) is 11.9 Å². The minimum absolute atomic E-state index is 0.201. The van der Waals surface area contributed by atoms with Crippen molar-refractivity contribution in [2.45, 2.75) is 69.8 Å². The third kappa shape index (κ3) is 3.49. The number of para-hydroxylation sites is 1. The van der Waals surface area contributed by atoms with Gasteiger partial charge in [-0.3, -0.25) is 0 Å². The fourth-order valence-corrected chi connectivity index (χ4v) is 3.06. The molecule has 0 aliphatic rings. The Labute approximate surface area is 139 Å². The van der Waals surface area contributed by atoms with E-state index in [1.807, 2.05) is 0 Å². The van der Waals surface area contributed by atoms with Crippen molar-refractivity contribution in [3.8, 4) is 0 Å².